The van der Waals surface area contributed by atoms with Crippen molar-refractivity contribution in [1.29, 1.82) is 0 Å². The van der Waals surface area contributed by atoms with E-state index < -0.39 is 0 Å². The zero-order valence-corrected chi connectivity index (χ0v) is 58.0. The highest BCUT2D eigenvalue weighted by molar-refractivity contribution is 8.15. The van der Waals surface area contributed by atoms with Gasteiger partial charge in [0.05, 0.1) is 17.5 Å². The van der Waals surface area contributed by atoms with Crippen LogP contribution in [0.2, 0.25) is 0 Å². The molecule has 4 aliphatic heterocycles. The molecule has 0 aliphatic carbocycles. The number of imide groups is 3. The minimum Gasteiger partial charge on any atom is -0.383 e. The molecule has 0 radical (unpaired) electrons. The van der Waals surface area contributed by atoms with Gasteiger partial charge < -0.3 is 29.6 Å². The van der Waals surface area contributed by atoms with E-state index in [4.69, 9.17) is 4.52 Å². The third-order valence-electron chi connectivity index (χ3n) is 12.2. The number of tetrazole rings is 1. The van der Waals surface area contributed by atoms with Crippen molar-refractivity contribution in [2.24, 2.45) is 23.7 Å². The standard InChI is InChI=1S/C7H12N2O.C7H9NO2.C7H11NO.C6H10N2O2.C6H9NO2S.2C6H9NO2.C5H9N3.C5H8N2OS.C4H8N4/c1-7(2,3)5-4-8-6(10)9-5;1-4(2)5-3-6(9)8-7(5)10;1-5(2)7-3-6(9)4-8-7;1-3(2)4-5(9)8-6(10)7-4;1-3(2)4-5(8)7-6(9)10-4;1-4(2)5-3-6(8)7-9-5;1-4(2)5-3-6(8)9-7-5;1-4(2)5-6-3-7-8-5;1-3(2)4-5(8)7-9-6-4;1-3(2)4-5-7-8-6-4/h4H,1-3H3,(H2,8,9,10);3-4H,1-2H3,(H,8,9,10);3,5,8H,4H2,1-2H3;3-4H,1-2H3,(H2,7,8,9,10);3-4H,1-2H3,(H,7,8,9);3-4H,1-2H3,(H,7,8);3-4,7H,1-2H3;3-4H,1-2H3,(H,6,7,8);3H,1-2H3,(H,7,8);3H,1-2H3,(H,5,6,7,8). The van der Waals surface area contributed by atoms with Crippen LogP contribution < -0.4 is 49.0 Å². The summed E-state index contributed by atoms with van der Waals surface area (Å²) in [6.45, 7) is 42.1. The summed E-state index contributed by atoms with van der Waals surface area (Å²) in [5.74, 6) is 4.35. The topological polar surface area (TPSA) is 462 Å². The number of carbonyl (C=O) groups excluding carboxylic acids is 7. The molecule has 10 rings (SSSR count). The molecule has 92 heavy (non-hydrogen) atoms. The van der Waals surface area contributed by atoms with Gasteiger partial charge in [-0.3, -0.25) is 63.8 Å². The Labute approximate surface area is 542 Å². The Hall–Kier alpha value is -8.88. The number of hydrogen-bond acceptors (Lipinski definition) is 22. The van der Waals surface area contributed by atoms with Crippen molar-refractivity contribution in [3.63, 3.8) is 0 Å². The van der Waals surface area contributed by atoms with Gasteiger partial charge in [0, 0.05) is 88.3 Å². The molecule has 6 aromatic heterocycles. The minimum absolute atomic E-state index is 0.0269. The van der Waals surface area contributed by atoms with E-state index in [-0.39, 0.29) is 109 Å². The first-order valence-electron chi connectivity index (χ1n) is 29.7. The molecule has 2 atom stereocenters. The first-order chi connectivity index (χ1) is 42.7. The lowest BCUT2D eigenvalue weighted by atomic mass is 9.93. The highest BCUT2D eigenvalue weighted by Crippen LogP contribution is 2.25. The zero-order chi connectivity index (χ0) is 70.3. The molecule has 6 aromatic rings. The lowest BCUT2D eigenvalue weighted by molar-refractivity contribution is -0.124. The third-order valence-corrected chi connectivity index (χ3v) is 14.1. The second kappa shape index (κ2) is 40.1. The number of nitrogens with zero attached hydrogens (tertiary/aromatic N) is 6. The molecule has 7 amide bonds. The average molecular weight is 1330 g/mol. The van der Waals surface area contributed by atoms with Gasteiger partial charge in [-0.05, 0) is 29.6 Å². The van der Waals surface area contributed by atoms with Crippen molar-refractivity contribution in [2.75, 3.05) is 6.54 Å². The summed E-state index contributed by atoms with van der Waals surface area (Å²) >= 11 is 2.19. The zero-order valence-electron chi connectivity index (χ0n) is 56.3. The van der Waals surface area contributed by atoms with E-state index >= 15 is 0 Å². The molecule has 2 saturated heterocycles. The Bertz CT molecular complexity index is 3380. The van der Waals surface area contributed by atoms with Gasteiger partial charge in [-0.1, -0.05) is 162 Å². The lowest BCUT2D eigenvalue weighted by Crippen LogP contribution is -2.33. The fourth-order valence-corrected chi connectivity index (χ4v) is 8.24. The first kappa shape index (κ1) is 81.1. The van der Waals surface area contributed by atoms with Crippen molar-refractivity contribution >= 4 is 64.2 Å². The van der Waals surface area contributed by atoms with Gasteiger partial charge in [0.25, 0.3) is 34.1 Å². The van der Waals surface area contributed by atoms with E-state index in [2.05, 4.69) is 124 Å². The Morgan fingerprint density at radius 1 is 0.663 bits per heavy atom. The maximum atomic E-state index is 10.9. The molecule has 31 nitrogen and oxygen atoms in total. The molecule has 0 aromatic carbocycles. The van der Waals surface area contributed by atoms with Gasteiger partial charge in [0.2, 0.25) is 5.91 Å². The van der Waals surface area contributed by atoms with Crippen LogP contribution in [0.5, 0.6) is 0 Å². The number of H-pyrrole nitrogens is 7. The molecule has 33 heteroatoms. The largest absolute Gasteiger partial charge is 0.383 e. The van der Waals surface area contributed by atoms with Gasteiger partial charge in [-0.2, -0.15) is 19.8 Å². The van der Waals surface area contributed by atoms with Crippen molar-refractivity contribution < 1.29 is 42.6 Å². The molecule has 510 valence electrons. The van der Waals surface area contributed by atoms with Gasteiger partial charge in [0.1, 0.15) is 29.6 Å². The van der Waals surface area contributed by atoms with Gasteiger partial charge >= 0.3 is 17.3 Å². The number of aromatic nitrogens is 13. The normalized spacial score (nSPS) is 15.4. The summed E-state index contributed by atoms with van der Waals surface area (Å²) in [7, 11) is 0. The average Bonchev–Trinajstić information content (AvgIpc) is 2.21. The van der Waals surface area contributed by atoms with Gasteiger partial charge in [-0.25, -0.2) is 24.5 Å². The van der Waals surface area contributed by atoms with E-state index in [1.165, 1.54) is 24.5 Å². The number of imidazole rings is 1. The molecule has 2 fully saturated rings. The van der Waals surface area contributed by atoms with Crippen LogP contribution in [0.25, 0.3) is 0 Å². The highest BCUT2D eigenvalue weighted by Gasteiger charge is 2.34. The molecule has 2 unspecified atom stereocenters. The summed E-state index contributed by atoms with van der Waals surface area (Å²) in [6, 6.07) is 2.20. The maximum Gasteiger partial charge on any atom is 0.357 e. The smallest absolute Gasteiger partial charge is 0.357 e. The number of carbonyl (C=O) groups is 7. The Kier molecular flexibility index (Phi) is 35.3. The van der Waals surface area contributed by atoms with Gasteiger partial charge in [0.15, 0.2) is 11.6 Å². The number of aromatic amines is 7. The van der Waals surface area contributed by atoms with Crippen molar-refractivity contribution in [1.82, 2.24) is 91.4 Å². The Morgan fingerprint density at radius 2 is 1.32 bits per heavy atom. The number of nitrogens with one attached hydrogen (secondary N) is 12. The summed E-state index contributed by atoms with van der Waals surface area (Å²) in [5.41, 5.74) is 3.44. The molecular weight excluding hydrogens is 1230 g/mol. The van der Waals surface area contributed by atoms with Crippen LogP contribution >= 0.6 is 23.5 Å². The molecule has 12 N–H and O–H groups in total. The van der Waals surface area contributed by atoms with E-state index in [1.807, 2.05) is 118 Å². The van der Waals surface area contributed by atoms with Crippen LogP contribution in [0, 0.1) is 23.7 Å². The van der Waals surface area contributed by atoms with Crippen LogP contribution in [0.15, 0.2) is 76.3 Å². The molecule has 0 saturated carbocycles. The SMILES string of the molecule is CC(C)(C)c1c[nH]c(=O)[nH]1.CC(C)C1=CC(=O)CN1.CC(C)C1=CC(=O)NC1=O.CC(C)C1NC(=O)NC1=O.CC(C)C1SC(=O)NC1=O.CC(C)c1cc(=O)[nH]o1.CC(C)c1cc(=O)o[nH]1.CC(C)c1ncn[nH]1.CC(C)c1nn[nH]n1.CC(C)c1ns[nH]c1=O. The van der Waals surface area contributed by atoms with Gasteiger partial charge in [-0.15, -0.1) is 10.2 Å². The maximum absolute atomic E-state index is 10.9. The van der Waals surface area contributed by atoms with Crippen LogP contribution in [-0.2, 0) is 29.4 Å². The summed E-state index contributed by atoms with van der Waals surface area (Å²) in [4.78, 5) is 126. The van der Waals surface area contributed by atoms with E-state index in [0.717, 1.165) is 52.2 Å². The molecule has 0 bridgehead atoms. The summed E-state index contributed by atoms with van der Waals surface area (Å²) < 4.78 is 15.6. The van der Waals surface area contributed by atoms with Crippen LogP contribution in [0.4, 0.5) is 9.59 Å². The second-order valence-electron chi connectivity index (χ2n) is 24.4. The Balaban J connectivity index is 0.000000512. The van der Waals surface area contributed by atoms with E-state index in [1.54, 1.807) is 12.3 Å². The van der Waals surface area contributed by atoms with Crippen molar-refractivity contribution in [3.8, 4) is 0 Å². The van der Waals surface area contributed by atoms with Crippen LogP contribution in [0.3, 0.4) is 0 Å². The lowest BCUT2D eigenvalue weighted by Gasteiger charge is -2.14. The fourth-order valence-electron chi connectivity index (χ4n) is 6.78. The first-order valence-corrected chi connectivity index (χ1v) is 31.4. The van der Waals surface area contributed by atoms with E-state index in [9.17, 15) is 52.7 Å². The number of allylic oxidation sites excluding steroid dienone is 1. The molecule has 4 aliphatic rings. The van der Waals surface area contributed by atoms with Crippen molar-refractivity contribution in [3.05, 3.63) is 124 Å². The number of hydrogen-bond donors (Lipinski definition) is 12. The fraction of sp³-hybridized carbons (Fsp3) is 0.576. The monoisotopic (exact) mass is 1330 g/mol. The molecule has 10 heterocycles. The molecule has 0 spiro atoms. The van der Waals surface area contributed by atoms with Crippen molar-refractivity contribution in [2.45, 2.75) is 192 Å². The van der Waals surface area contributed by atoms with E-state index in [0.29, 0.717) is 47.2 Å². The number of ketones is 1. The number of rotatable bonds is 9. The number of amides is 7. The summed E-state index contributed by atoms with van der Waals surface area (Å²) in [6.07, 6.45) is 6.27. The summed E-state index contributed by atoms with van der Waals surface area (Å²) in [5, 5.41) is 36.2. The quantitative estimate of drug-likeness (QED) is 0.0504. The second-order valence-corrected chi connectivity index (χ2v) is 26.1. The molecular formula is C59H94N18O13S2. The minimum atomic E-state index is -0.385. The van der Waals surface area contributed by atoms with Crippen LogP contribution in [-0.4, -0.2) is 123 Å². The Morgan fingerprint density at radius 3 is 1.53 bits per heavy atom. The highest BCUT2D eigenvalue weighted by atomic mass is 32.2. The van der Waals surface area contributed by atoms with Crippen LogP contribution in [0.1, 0.15) is 209 Å². The predicted octanol–water partition coefficient (Wildman–Crippen LogP) is 7.16. The number of thioether (sulfide) groups is 1. The third kappa shape index (κ3) is 31.2. The number of urea groups is 1. The predicted molar refractivity (Wildman–Crippen MR) is 350 cm³/mol.